The summed E-state index contributed by atoms with van der Waals surface area (Å²) in [6.45, 7) is 4.33. The first-order valence-corrected chi connectivity index (χ1v) is 10.4. The Kier molecular flexibility index (Phi) is 6.15. The first kappa shape index (κ1) is 20.2. The van der Waals surface area contributed by atoms with Gasteiger partial charge >= 0.3 is 0 Å². The zero-order valence-electron chi connectivity index (χ0n) is 17.2. The lowest BCUT2D eigenvalue weighted by Gasteiger charge is -2.15. The molecule has 0 spiro atoms. The van der Waals surface area contributed by atoms with Gasteiger partial charge in [-0.1, -0.05) is 25.1 Å². The maximum atomic E-state index is 5.73. The minimum absolute atomic E-state index is 0.601. The SMILES string of the molecule is CCCn1c(-c2ccncc2)nn(CN(C)Cc2cnn(-c3ccccc3)c2)c1=S. The van der Waals surface area contributed by atoms with Crippen LogP contribution in [-0.2, 0) is 19.8 Å². The number of benzene rings is 1. The molecule has 0 amide bonds. The number of hydrogen-bond acceptors (Lipinski definition) is 5. The number of aromatic nitrogens is 6. The highest BCUT2D eigenvalue weighted by molar-refractivity contribution is 7.71. The van der Waals surface area contributed by atoms with E-state index < -0.39 is 0 Å². The molecule has 1 aromatic carbocycles. The van der Waals surface area contributed by atoms with Crippen LogP contribution in [0.2, 0.25) is 0 Å². The van der Waals surface area contributed by atoms with Crippen LogP contribution in [0.15, 0.2) is 67.3 Å². The molecule has 3 heterocycles. The molecule has 4 aromatic rings. The predicted octanol–water partition coefficient (Wildman–Crippen LogP) is 4.16. The van der Waals surface area contributed by atoms with Crippen LogP contribution in [0.3, 0.4) is 0 Å². The van der Waals surface area contributed by atoms with E-state index in [0.29, 0.717) is 6.67 Å². The first-order chi connectivity index (χ1) is 14.7. The van der Waals surface area contributed by atoms with Gasteiger partial charge in [-0.3, -0.25) is 14.5 Å². The van der Waals surface area contributed by atoms with Gasteiger partial charge in [0.1, 0.15) is 0 Å². The van der Waals surface area contributed by atoms with E-state index >= 15 is 0 Å². The second-order valence-corrected chi connectivity index (χ2v) is 7.64. The molecule has 0 fully saturated rings. The zero-order chi connectivity index (χ0) is 20.9. The fraction of sp³-hybridized carbons (Fsp3) is 0.273. The van der Waals surface area contributed by atoms with Crippen molar-refractivity contribution >= 4 is 12.2 Å². The summed E-state index contributed by atoms with van der Waals surface area (Å²) in [6.07, 6.45) is 8.52. The largest absolute Gasteiger partial charge is 0.300 e. The molecule has 0 bridgehead atoms. The van der Waals surface area contributed by atoms with Crippen molar-refractivity contribution in [2.24, 2.45) is 0 Å². The molecule has 7 nitrogen and oxygen atoms in total. The molecule has 30 heavy (non-hydrogen) atoms. The number of nitrogens with zero attached hydrogens (tertiary/aromatic N) is 7. The summed E-state index contributed by atoms with van der Waals surface area (Å²) in [4.78, 5) is 6.29. The Morgan fingerprint density at radius 1 is 1.07 bits per heavy atom. The van der Waals surface area contributed by atoms with Crippen molar-refractivity contribution in [3.63, 3.8) is 0 Å². The minimum atomic E-state index is 0.601. The van der Waals surface area contributed by atoms with Gasteiger partial charge in [0.05, 0.1) is 18.6 Å². The van der Waals surface area contributed by atoms with Crippen molar-refractivity contribution in [3.05, 3.63) is 77.6 Å². The lowest BCUT2D eigenvalue weighted by atomic mass is 10.2. The molecular weight excluding hydrogens is 394 g/mol. The van der Waals surface area contributed by atoms with Crippen LogP contribution in [0.5, 0.6) is 0 Å². The summed E-state index contributed by atoms with van der Waals surface area (Å²) in [5, 5.41) is 9.30. The third-order valence-electron chi connectivity index (χ3n) is 4.79. The van der Waals surface area contributed by atoms with Crippen molar-refractivity contribution in [1.29, 1.82) is 0 Å². The normalized spacial score (nSPS) is 11.3. The van der Waals surface area contributed by atoms with Gasteiger partial charge in [-0.15, -0.1) is 0 Å². The summed E-state index contributed by atoms with van der Waals surface area (Å²) in [7, 11) is 2.06. The third kappa shape index (κ3) is 4.39. The maximum absolute atomic E-state index is 5.73. The monoisotopic (exact) mass is 419 g/mol. The Morgan fingerprint density at radius 3 is 2.57 bits per heavy atom. The van der Waals surface area contributed by atoms with Crippen molar-refractivity contribution in [2.75, 3.05) is 7.05 Å². The van der Waals surface area contributed by atoms with Gasteiger partial charge in [-0.2, -0.15) is 10.2 Å². The summed E-state index contributed by atoms with van der Waals surface area (Å²) in [5.41, 5.74) is 3.21. The summed E-state index contributed by atoms with van der Waals surface area (Å²) in [5.74, 6) is 0.884. The molecule has 0 radical (unpaired) electrons. The van der Waals surface area contributed by atoms with Gasteiger partial charge in [0, 0.05) is 42.8 Å². The van der Waals surface area contributed by atoms with E-state index in [-0.39, 0.29) is 0 Å². The second-order valence-electron chi connectivity index (χ2n) is 7.28. The fourth-order valence-electron chi connectivity index (χ4n) is 3.43. The Bertz CT molecular complexity index is 1150. The predicted molar refractivity (Wildman–Crippen MR) is 120 cm³/mol. The molecule has 0 aliphatic heterocycles. The third-order valence-corrected chi connectivity index (χ3v) is 5.22. The molecule has 0 aliphatic carbocycles. The van der Waals surface area contributed by atoms with E-state index in [2.05, 4.69) is 39.7 Å². The van der Waals surface area contributed by atoms with Gasteiger partial charge in [0.2, 0.25) is 0 Å². The number of pyridine rings is 1. The van der Waals surface area contributed by atoms with Gasteiger partial charge in [0.15, 0.2) is 10.6 Å². The zero-order valence-corrected chi connectivity index (χ0v) is 18.0. The molecule has 0 atom stereocenters. The topological polar surface area (TPSA) is 56.7 Å². The van der Waals surface area contributed by atoms with Crippen LogP contribution in [-0.4, -0.2) is 41.1 Å². The van der Waals surface area contributed by atoms with Crippen LogP contribution >= 0.6 is 12.2 Å². The van der Waals surface area contributed by atoms with Crippen molar-refractivity contribution < 1.29 is 0 Å². The van der Waals surface area contributed by atoms with E-state index in [4.69, 9.17) is 17.3 Å². The molecule has 0 N–H and O–H groups in total. The van der Waals surface area contributed by atoms with E-state index in [1.54, 1.807) is 12.4 Å². The first-order valence-electron chi connectivity index (χ1n) is 10.0. The Morgan fingerprint density at radius 2 is 1.83 bits per heavy atom. The molecule has 3 aromatic heterocycles. The smallest absolute Gasteiger partial charge is 0.199 e. The highest BCUT2D eigenvalue weighted by Crippen LogP contribution is 2.18. The molecule has 0 saturated carbocycles. The van der Waals surface area contributed by atoms with Crippen LogP contribution in [0.25, 0.3) is 17.1 Å². The van der Waals surface area contributed by atoms with Crippen molar-refractivity contribution in [1.82, 2.24) is 34.0 Å². The van der Waals surface area contributed by atoms with Crippen LogP contribution in [0, 0.1) is 4.77 Å². The van der Waals surface area contributed by atoms with Crippen LogP contribution < -0.4 is 0 Å². The van der Waals surface area contributed by atoms with Crippen molar-refractivity contribution in [2.45, 2.75) is 33.1 Å². The Hall–Kier alpha value is -3.10. The van der Waals surface area contributed by atoms with E-state index in [0.717, 1.165) is 46.9 Å². The van der Waals surface area contributed by atoms with Crippen LogP contribution in [0.1, 0.15) is 18.9 Å². The molecule has 0 saturated heterocycles. The lowest BCUT2D eigenvalue weighted by molar-refractivity contribution is 0.244. The van der Waals surface area contributed by atoms with Crippen molar-refractivity contribution in [3.8, 4) is 17.1 Å². The van der Waals surface area contributed by atoms with Gasteiger partial charge in [0.25, 0.3) is 0 Å². The summed E-state index contributed by atoms with van der Waals surface area (Å²) in [6, 6.07) is 14.0. The maximum Gasteiger partial charge on any atom is 0.199 e. The average molecular weight is 420 g/mol. The molecule has 154 valence electrons. The standard InChI is InChI=1S/C22H25N7S/c1-3-13-27-21(19-9-11-23-12-10-19)25-29(22(27)30)17-26(2)15-18-14-24-28(16-18)20-7-5-4-6-8-20/h4-12,14,16H,3,13,15,17H2,1-2H3. The van der Waals surface area contributed by atoms with E-state index in [9.17, 15) is 0 Å². The molecule has 8 heteroatoms. The molecule has 0 aliphatic rings. The Labute approximate surface area is 181 Å². The highest BCUT2D eigenvalue weighted by atomic mass is 32.1. The summed E-state index contributed by atoms with van der Waals surface area (Å²) >= 11 is 5.73. The number of rotatable bonds is 8. The van der Waals surface area contributed by atoms with Crippen LogP contribution in [0.4, 0.5) is 0 Å². The highest BCUT2D eigenvalue weighted by Gasteiger charge is 2.14. The van der Waals surface area contributed by atoms with E-state index in [1.165, 1.54) is 0 Å². The second kappa shape index (κ2) is 9.15. The number of hydrogen-bond donors (Lipinski definition) is 0. The van der Waals surface area contributed by atoms with Gasteiger partial charge in [-0.25, -0.2) is 9.36 Å². The molecule has 0 unspecified atom stereocenters. The number of para-hydroxylation sites is 1. The molecule has 4 rings (SSSR count). The average Bonchev–Trinajstić information content (AvgIpc) is 3.35. The lowest BCUT2D eigenvalue weighted by Crippen LogP contribution is -2.22. The Balaban J connectivity index is 1.52. The molecular formula is C22H25N7S. The quantitative estimate of drug-likeness (QED) is 0.401. The van der Waals surface area contributed by atoms with Gasteiger partial charge < -0.3 is 0 Å². The fourth-order valence-corrected chi connectivity index (χ4v) is 3.70. The minimum Gasteiger partial charge on any atom is -0.300 e. The summed E-state index contributed by atoms with van der Waals surface area (Å²) < 4.78 is 6.62. The van der Waals surface area contributed by atoms with Gasteiger partial charge in [-0.05, 0) is 50.0 Å². The van der Waals surface area contributed by atoms with E-state index in [1.807, 2.05) is 58.0 Å².